The van der Waals surface area contributed by atoms with E-state index in [2.05, 4.69) is 15.4 Å². The highest BCUT2D eigenvalue weighted by atomic mass is 35.5. The van der Waals surface area contributed by atoms with E-state index >= 15 is 0 Å². The lowest BCUT2D eigenvalue weighted by Gasteiger charge is -1.94. The van der Waals surface area contributed by atoms with E-state index in [0.717, 1.165) is 11.3 Å². The van der Waals surface area contributed by atoms with Gasteiger partial charge in [0.15, 0.2) is 5.15 Å². The van der Waals surface area contributed by atoms with Gasteiger partial charge >= 0.3 is 0 Å². The van der Waals surface area contributed by atoms with Gasteiger partial charge in [0.1, 0.15) is 0 Å². The molecule has 0 saturated heterocycles. The predicted octanol–water partition coefficient (Wildman–Crippen LogP) is 1.14. The summed E-state index contributed by atoms with van der Waals surface area (Å²) in [6, 6.07) is 0. The molecule has 0 N–H and O–H groups in total. The van der Waals surface area contributed by atoms with Gasteiger partial charge in [-0.05, 0) is 19.1 Å². The van der Waals surface area contributed by atoms with Gasteiger partial charge in [-0.2, -0.15) is 0 Å². The Bertz CT molecular complexity index is 203. The largest absolute Gasteiger partial charge is 0.158 e. The van der Waals surface area contributed by atoms with Gasteiger partial charge in [0.05, 0.1) is 5.69 Å². The summed E-state index contributed by atoms with van der Waals surface area (Å²) in [5, 5.41) is 11.1. The van der Waals surface area contributed by atoms with Gasteiger partial charge in [-0.15, -0.1) is 10.2 Å². The predicted molar refractivity (Wildman–Crippen MR) is 34.3 cm³/mol. The molecular weight excluding hydrogens is 138 g/mol. The fraction of sp³-hybridized carbons (Fsp3) is 0.400. The van der Waals surface area contributed by atoms with E-state index in [1.807, 2.05) is 13.8 Å². The third-order valence-electron chi connectivity index (χ3n) is 1.18. The maximum absolute atomic E-state index is 5.60. The first-order chi connectivity index (χ1) is 4.22. The van der Waals surface area contributed by atoms with Crippen molar-refractivity contribution in [2.45, 2.75) is 13.8 Å². The van der Waals surface area contributed by atoms with Crippen LogP contribution >= 0.6 is 11.6 Å². The monoisotopic (exact) mass is 143 g/mol. The molecule has 1 aromatic rings. The summed E-state index contributed by atoms with van der Waals surface area (Å²) < 4.78 is 0. The Hall–Kier alpha value is -0.700. The number of aromatic nitrogens is 3. The summed E-state index contributed by atoms with van der Waals surface area (Å²) in [5.74, 6) is 0. The second kappa shape index (κ2) is 2.27. The molecule has 0 unspecified atom stereocenters. The average Bonchev–Trinajstić information content (AvgIpc) is 1.83. The van der Waals surface area contributed by atoms with Crippen LogP contribution < -0.4 is 0 Å². The number of aryl methyl sites for hydroxylation is 1. The highest BCUT2D eigenvalue weighted by Gasteiger charge is 1.98. The number of hydrogen-bond donors (Lipinski definition) is 0. The summed E-state index contributed by atoms with van der Waals surface area (Å²) >= 11 is 5.60. The lowest BCUT2D eigenvalue weighted by molar-refractivity contribution is 0.826. The Kier molecular flexibility index (Phi) is 1.62. The van der Waals surface area contributed by atoms with Gasteiger partial charge in [-0.1, -0.05) is 11.6 Å². The van der Waals surface area contributed by atoms with Gasteiger partial charge < -0.3 is 0 Å². The fourth-order valence-electron chi connectivity index (χ4n) is 0.428. The molecule has 48 valence electrons. The SMILES string of the molecule is Cc1nnnc(Cl)c1C. The number of nitrogens with zero attached hydrogens (tertiary/aromatic N) is 3. The molecule has 0 aliphatic rings. The van der Waals surface area contributed by atoms with E-state index in [-0.39, 0.29) is 0 Å². The highest BCUT2D eigenvalue weighted by molar-refractivity contribution is 6.30. The van der Waals surface area contributed by atoms with E-state index < -0.39 is 0 Å². The van der Waals surface area contributed by atoms with Crippen molar-refractivity contribution < 1.29 is 0 Å². The quantitative estimate of drug-likeness (QED) is 0.547. The molecule has 0 spiro atoms. The lowest BCUT2D eigenvalue weighted by Crippen LogP contribution is -1.94. The third kappa shape index (κ3) is 1.16. The molecule has 1 rings (SSSR count). The minimum atomic E-state index is 0.433. The summed E-state index contributed by atoms with van der Waals surface area (Å²) in [6.45, 7) is 3.70. The topological polar surface area (TPSA) is 38.7 Å². The van der Waals surface area contributed by atoms with Crippen molar-refractivity contribution in [3.05, 3.63) is 16.4 Å². The number of halogens is 1. The summed E-state index contributed by atoms with van der Waals surface area (Å²) in [4.78, 5) is 0. The molecule has 0 fully saturated rings. The third-order valence-corrected chi connectivity index (χ3v) is 1.54. The zero-order valence-corrected chi connectivity index (χ0v) is 5.98. The maximum Gasteiger partial charge on any atom is 0.158 e. The molecule has 0 aromatic carbocycles. The van der Waals surface area contributed by atoms with Crippen molar-refractivity contribution in [1.29, 1.82) is 0 Å². The minimum absolute atomic E-state index is 0.433. The molecule has 0 bridgehead atoms. The summed E-state index contributed by atoms with van der Waals surface area (Å²) in [6.07, 6.45) is 0. The maximum atomic E-state index is 5.60. The van der Waals surface area contributed by atoms with Crippen LogP contribution in [0.5, 0.6) is 0 Å². The molecule has 3 nitrogen and oxygen atoms in total. The van der Waals surface area contributed by atoms with Crippen LogP contribution in [0.3, 0.4) is 0 Å². The first-order valence-electron chi connectivity index (χ1n) is 2.54. The van der Waals surface area contributed by atoms with Gasteiger partial charge in [0.25, 0.3) is 0 Å². The zero-order chi connectivity index (χ0) is 6.85. The van der Waals surface area contributed by atoms with Crippen LogP contribution in [-0.4, -0.2) is 15.4 Å². The van der Waals surface area contributed by atoms with Crippen LogP contribution in [0.15, 0.2) is 0 Å². The van der Waals surface area contributed by atoms with Gasteiger partial charge in [-0.25, -0.2) is 0 Å². The van der Waals surface area contributed by atoms with Crippen LogP contribution in [0, 0.1) is 13.8 Å². The van der Waals surface area contributed by atoms with Crippen molar-refractivity contribution in [2.24, 2.45) is 0 Å². The Morgan fingerprint density at radius 3 is 2.33 bits per heavy atom. The van der Waals surface area contributed by atoms with Crippen LogP contribution in [0.2, 0.25) is 5.15 Å². The van der Waals surface area contributed by atoms with E-state index in [1.54, 1.807) is 0 Å². The van der Waals surface area contributed by atoms with Crippen molar-refractivity contribution >= 4 is 11.6 Å². The second-order valence-electron chi connectivity index (χ2n) is 1.79. The smallest absolute Gasteiger partial charge is 0.135 e. The molecule has 0 aliphatic carbocycles. The van der Waals surface area contributed by atoms with Gasteiger partial charge in [0.2, 0.25) is 0 Å². The Balaban J connectivity index is 3.25. The van der Waals surface area contributed by atoms with Gasteiger partial charge in [-0.3, -0.25) is 0 Å². The van der Waals surface area contributed by atoms with Gasteiger partial charge in [0, 0.05) is 5.56 Å². The number of hydrogen-bond acceptors (Lipinski definition) is 3. The summed E-state index contributed by atoms with van der Waals surface area (Å²) in [7, 11) is 0. The molecule has 1 heterocycles. The molecule has 0 aliphatic heterocycles. The standard InChI is InChI=1S/C5H6ClN3/c1-3-4(2)7-9-8-5(3)6/h1-2H3. The minimum Gasteiger partial charge on any atom is -0.135 e. The van der Waals surface area contributed by atoms with Crippen molar-refractivity contribution in [2.75, 3.05) is 0 Å². The molecule has 0 radical (unpaired) electrons. The van der Waals surface area contributed by atoms with Crippen LogP contribution in [0.1, 0.15) is 11.3 Å². The van der Waals surface area contributed by atoms with Crippen molar-refractivity contribution in [3.63, 3.8) is 0 Å². The Labute approximate surface area is 58.1 Å². The molecule has 9 heavy (non-hydrogen) atoms. The van der Waals surface area contributed by atoms with Crippen LogP contribution in [-0.2, 0) is 0 Å². The first-order valence-corrected chi connectivity index (χ1v) is 2.91. The Morgan fingerprint density at radius 1 is 1.22 bits per heavy atom. The van der Waals surface area contributed by atoms with E-state index in [9.17, 15) is 0 Å². The highest BCUT2D eigenvalue weighted by Crippen LogP contribution is 2.10. The number of rotatable bonds is 0. The van der Waals surface area contributed by atoms with E-state index in [0.29, 0.717) is 5.15 Å². The van der Waals surface area contributed by atoms with E-state index in [4.69, 9.17) is 11.6 Å². The molecule has 4 heteroatoms. The summed E-state index contributed by atoms with van der Waals surface area (Å²) in [5.41, 5.74) is 1.72. The van der Waals surface area contributed by atoms with Crippen LogP contribution in [0.25, 0.3) is 0 Å². The van der Waals surface area contributed by atoms with E-state index in [1.165, 1.54) is 0 Å². The molecule has 0 atom stereocenters. The second-order valence-corrected chi connectivity index (χ2v) is 2.15. The Morgan fingerprint density at radius 2 is 1.89 bits per heavy atom. The average molecular weight is 144 g/mol. The molecule has 1 aromatic heterocycles. The fourth-order valence-corrected chi connectivity index (χ4v) is 0.599. The lowest BCUT2D eigenvalue weighted by atomic mass is 10.3. The molecular formula is C5H6ClN3. The zero-order valence-electron chi connectivity index (χ0n) is 5.22. The van der Waals surface area contributed by atoms with Crippen molar-refractivity contribution in [3.8, 4) is 0 Å². The molecule has 0 saturated carbocycles. The van der Waals surface area contributed by atoms with Crippen molar-refractivity contribution in [1.82, 2.24) is 15.4 Å². The first kappa shape index (κ1) is 6.42. The molecule has 0 amide bonds. The van der Waals surface area contributed by atoms with Crippen LogP contribution in [0.4, 0.5) is 0 Å². The normalized spacial score (nSPS) is 9.67.